The molecule has 2 unspecified atom stereocenters. The van der Waals surface area contributed by atoms with Gasteiger partial charge in [0.1, 0.15) is 6.10 Å². The Kier molecular flexibility index (Phi) is 3.46. The smallest absolute Gasteiger partial charge is 0.310 e. The van der Waals surface area contributed by atoms with Gasteiger partial charge in [0.25, 0.3) is 0 Å². The summed E-state index contributed by atoms with van der Waals surface area (Å²) in [7, 11) is 0. The molecule has 2 heterocycles. The van der Waals surface area contributed by atoms with E-state index in [1.165, 1.54) is 77.3 Å². The number of fused-ring (bicyclic) bond motifs is 5. The molecule has 2 aliphatic heterocycles. The number of rotatable bonds is 2. The van der Waals surface area contributed by atoms with Crippen molar-refractivity contribution in [3.63, 3.8) is 0 Å². The van der Waals surface area contributed by atoms with Crippen LogP contribution in [0.2, 0.25) is 0 Å². The van der Waals surface area contributed by atoms with Crippen LogP contribution in [0.5, 0.6) is 0 Å². The lowest BCUT2D eigenvalue weighted by atomic mass is 9.73. The SMILES string of the molecule is CC1CCN(C[C@@H]2C(=O)O[C@@H]3C4C(CCC45CC5)C4(CC[C@@H]23)CC4)CC1. The zero-order chi connectivity index (χ0) is 17.5. The number of hydrogen-bond donors (Lipinski definition) is 0. The molecule has 0 amide bonds. The van der Waals surface area contributed by atoms with Gasteiger partial charge in [-0.3, -0.25) is 4.79 Å². The first kappa shape index (κ1) is 16.4. The highest BCUT2D eigenvalue weighted by Crippen LogP contribution is 2.75. The maximum atomic E-state index is 12.9. The van der Waals surface area contributed by atoms with Gasteiger partial charge in [0.05, 0.1) is 5.92 Å². The third kappa shape index (κ3) is 2.31. The zero-order valence-electron chi connectivity index (χ0n) is 16.4. The molecule has 6 fully saturated rings. The Hall–Kier alpha value is -0.570. The van der Waals surface area contributed by atoms with Crippen molar-refractivity contribution in [3.8, 4) is 0 Å². The van der Waals surface area contributed by atoms with Crippen molar-refractivity contribution in [2.45, 2.75) is 77.2 Å². The second-order valence-electron chi connectivity index (χ2n) is 11.1. The molecular weight excluding hydrogens is 322 g/mol. The lowest BCUT2D eigenvalue weighted by Crippen LogP contribution is -2.40. The summed E-state index contributed by atoms with van der Waals surface area (Å²) >= 11 is 0. The maximum absolute atomic E-state index is 12.9. The summed E-state index contributed by atoms with van der Waals surface area (Å²) in [5.74, 6) is 3.29. The number of nitrogens with zero attached hydrogens (tertiary/aromatic N) is 1. The van der Waals surface area contributed by atoms with Gasteiger partial charge < -0.3 is 9.64 Å². The molecule has 4 aliphatic carbocycles. The Labute approximate surface area is 158 Å². The fourth-order valence-corrected chi connectivity index (χ4v) is 7.80. The highest BCUT2D eigenvalue weighted by Gasteiger charge is 2.69. The number of esters is 1. The lowest BCUT2D eigenvalue weighted by molar-refractivity contribution is -0.148. The minimum atomic E-state index is 0.159. The lowest BCUT2D eigenvalue weighted by Gasteiger charge is -2.34. The molecule has 6 rings (SSSR count). The van der Waals surface area contributed by atoms with Crippen molar-refractivity contribution in [1.82, 2.24) is 4.90 Å². The first-order chi connectivity index (χ1) is 12.6. The van der Waals surface area contributed by atoms with Crippen LogP contribution < -0.4 is 0 Å². The second-order valence-corrected chi connectivity index (χ2v) is 11.1. The summed E-state index contributed by atoms with van der Waals surface area (Å²) in [4.78, 5) is 15.5. The summed E-state index contributed by atoms with van der Waals surface area (Å²) in [5.41, 5.74) is 1.25. The predicted octanol–water partition coefficient (Wildman–Crippen LogP) is 4.26. The van der Waals surface area contributed by atoms with Crippen molar-refractivity contribution in [2.24, 2.45) is 40.4 Å². The van der Waals surface area contributed by atoms with Crippen molar-refractivity contribution < 1.29 is 9.53 Å². The molecule has 0 aromatic heterocycles. The van der Waals surface area contributed by atoms with E-state index in [0.29, 0.717) is 22.7 Å². The zero-order valence-corrected chi connectivity index (χ0v) is 16.4. The molecule has 5 atom stereocenters. The molecule has 3 heteroatoms. The van der Waals surface area contributed by atoms with Crippen LogP contribution in [0.4, 0.5) is 0 Å². The van der Waals surface area contributed by atoms with Crippen molar-refractivity contribution in [1.29, 1.82) is 0 Å². The number of piperidine rings is 1. The summed E-state index contributed by atoms with van der Waals surface area (Å²) in [6.45, 7) is 5.71. The van der Waals surface area contributed by atoms with E-state index < -0.39 is 0 Å². The Morgan fingerprint density at radius 1 is 0.962 bits per heavy atom. The Morgan fingerprint density at radius 3 is 2.35 bits per heavy atom. The summed E-state index contributed by atoms with van der Waals surface area (Å²) < 4.78 is 6.27. The van der Waals surface area contributed by atoms with Gasteiger partial charge in [-0.25, -0.2) is 0 Å². The largest absolute Gasteiger partial charge is 0.461 e. The van der Waals surface area contributed by atoms with Gasteiger partial charge in [0.15, 0.2) is 0 Å². The van der Waals surface area contributed by atoms with E-state index in [9.17, 15) is 4.79 Å². The van der Waals surface area contributed by atoms with Gasteiger partial charge >= 0.3 is 5.97 Å². The second kappa shape index (κ2) is 5.49. The average molecular weight is 358 g/mol. The molecule has 0 N–H and O–H groups in total. The highest BCUT2D eigenvalue weighted by molar-refractivity contribution is 5.75. The maximum Gasteiger partial charge on any atom is 0.310 e. The molecule has 0 aromatic carbocycles. The van der Waals surface area contributed by atoms with Crippen LogP contribution in [0.1, 0.15) is 71.1 Å². The highest BCUT2D eigenvalue weighted by atomic mass is 16.6. The van der Waals surface area contributed by atoms with E-state index >= 15 is 0 Å². The number of hydrogen-bond acceptors (Lipinski definition) is 3. The predicted molar refractivity (Wildman–Crippen MR) is 100 cm³/mol. The quantitative estimate of drug-likeness (QED) is 0.692. The third-order valence-corrected chi connectivity index (χ3v) is 9.82. The van der Waals surface area contributed by atoms with Gasteiger partial charge in [-0.15, -0.1) is 0 Å². The normalized spacial score (nSPS) is 46.0. The van der Waals surface area contributed by atoms with Crippen LogP contribution in [0.15, 0.2) is 0 Å². The van der Waals surface area contributed by atoms with E-state index in [1.54, 1.807) is 0 Å². The van der Waals surface area contributed by atoms with E-state index in [-0.39, 0.29) is 18.0 Å². The molecule has 6 aliphatic rings. The monoisotopic (exact) mass is 357 g/mol. The van der Waals surface area contributed by atoms with Crippen molar-refractivity contribution >= 4 is 5.97 Å². The minimum Gasteiger partial charge on any atom is -0.461 e. The summed E-state index contributed by atoms with van der Waals surface area (Å²) in [6.07, 6.45) is 14.1. The Bertz CT molecular complexity index is 599. The molecule has 3 nitrogen and oxygen atoms in total. The number of carbonyl (C=O) groups is 1. The number of carbonyl (C=O) groups excluding carboxylic acids is 1. The van der Waals surface area contributed by atoms with E-state index in [1.807, 2.05) is 0 Å². The van der Waals surface area contributed by atoms with E-state index in [2.05, 4.69) is 11.8 Å². The fraction of sp³-hybridized carbons (Fsp3) is 0.957. The minimum absolute atomic E-state index is 0.159. The standard InChI is InChI=1S/C23H35NO2/c1-15-4-12-24(13-5-15)14-17-16-2-6-22(8-9-22)18-3-7-23(10-11-23)19(18)20(16)26-21(17)25/h15-20H,2-14H2,1H3/t16-,17-,18?,19?,20-/m0/s1. The van der Waals surface area contributed by atoms with Crippen LogP contribution >= 0.6 is 0 Å². The summed E-state index contributed by atoms with van der Waals surface area (Å²) in [5, 5.41) is 0. The van der Waals surface area contributed by atoms with Gasteiger partial charge in [-0.05, 0) is 100.0 Å². The van der Waals surface area contributed by atoms with Crippen LogP contribution in [0, 0.1) is 40.4 Å². The Morgan fingerprint density at radius 2 is 1.65 bits per heavy atom. The van der Waals surface area contributed by atoms with Crippen LogP contribution in [-0.4, -0.2) is 36.6 Å². The van der Waals surface area contributed by atoms with Crippen molar-refractivity contribution in [2.75, 3.05) is 19.6 Å². The fourth-order valence-electron chi connectivity index (χ4n) is 7.80. The van der Waals surface area contributed by atoms with Gasteiger partial charge in [0, 0.05) is 18.4 Å². The van der Waals surface area contributed by atoms with Crippen LogP contribution in [-0.2, 0) is 9.53 Å². The molecule has 2 spiro atoms. The number of likely N-dealkylation sites (tertiary alicyclic amines) is 1. The molecule has 4 saturated carbocycles. The molecule has 0 aromatic rings. The molecule has 144 valence electrons. The molecule has 0 radical (unpaired) electrons. The summed E-state index contributed by atoms with van der Waals surface area (Å²) in [6, 6.07) is 0. The first-order valence-corrected chi connectivity index (χ1v) is 11.5. The van der Waals surface area contributed by atoms with Gasteiger partial charge in [0.2, 0.25) is 0 Å². The van der Waals surface area contributed by atoms with Gasteiger partial charge in [-0.1, -0.05) is 6.92 Å². The van der Waals surface area contributed by atoms with E-state index in [0.717, 1.165) is 18.4 Å². The van der Waals surface area contributed by atoms with Crippen LogP contribution in [0.25, 0.3) is 0 Å². The molecule has 0 bridgehead atoms. The molecular formula is C23H35NO2. The molecule has 26 heavy (non-hydrogen) atoms. The van der Waals surface area contributed by atoms with Crippen LogP contribution in [0.3, 0.4) is 0 Å². The van der Waals surface area contributed by atoms with Crippen molar-refractivity contribution in [3.05, 3.63) is 0 Å². The Balaban J connectivity index is 1.26. The first-order valence-electron chi connectivity index (χ1n) is 11.5. The molecule has 2 saturated heterocycles. The topological polar surface area (TPSA) is 29.5 Å². The average Bonchev–Trinajstić information content (AvgIpc) is 3.52. The van der Waals surface area contributed by atoms with E-state index in [4.69, 9.17) is 4.74 Å². The third-order valence-electron chi connectivity index (χ3n) is 9.82. The van der Waals surface area contributed by atoms with Gasteiger partial charge in [-0.2, -0.15) is 0 Å². The number of ether oxygens (including phenoxy) is 1.